The topological polar surface area (TPSA) is 32.3 Å². The van der Waals surface area contributed by atoms with E-state index in [2.05, 4.69) is 33.2 Å². The molecular weight excluding hydrogens is 328 g/mol. The molecule has 1 N–H and O–H groups in total. The molecule has 0 saturated carbocycles. The van der Waals surface area contributed by atoms with E-state index in [1.807, 2.05) is 24.3 Å². The molecule has 2 fully saturated rings. The van der Waals surface area contributed by atoms with Crippen molar-refractivity contribution >= 4 is 21.8 Å². The van der Waals surface area contributed by atoms with Gasteiger partial charge in [0.2, 0.25) is 0 Å². The molecule has 4 heteroatoms. The maximum atomic E-state index is 12.2. The van der Waals surface area contributed by atoms with Gasteiger partial charge in [-0.15, -0.1) is 0 Å². The van der Waals surface area contributed by atoms with E-state index in [1.54, 1.807) is 0 Å². The Bertz CT molecular complexity index is 488. The summed E-state index contributed by atoms with van der Waals surface area (Å²) in [6.45, 7) is 0.819. The van der Waals surface area contributed by atoms with Gasteiger partial charge in [-0.25, -0.2) is 0 Å². The first-order chi connectivity index (χ1) is 10.2. The average Bonchev–Trinajstić information content (AvgIpc) is 2.75. The fraction of sp³-hybridized carbons (Fsp3) is 0.588. The number of piperidine rings is 1. The Morgan fingerprint density at radius 1 is 1.24 bits per heavy atom. The predicted molar refractivity (Wildman–Crippen MR) is 88.7 cm³/mol. The number of carbonyl (C=O) groups is 1. The summed E-state index contributed by atoms with van der Waals surface area (Å²) >= 11 is 3.42. The fourth-order valence-electron chi connectivity index (χ4n) is 3.78. The van der Waals surface area contributed by atoms with Crippen LogP contribution in [0.3, 0.4) is 0 Å². The summed E-state index contributed by atoms with van der Waals surface area (Å²) in [4.78, 5) is 14.7. The summed E-state index contributed by atoms with van der Waals surface area (Å²) in [5, 5.41) is 3.95. The van der Waals surface area contributed by atoms with Crippen LogP contribution < -0.4 is 5.32 Å². The minimum Gasteiger partial charge on any atom is -0.352 e. The van der Waals surface area contributed by atoms with Gasteiger partial charge in [-0.2, -0.15) is 0 Å². The van der Waals surface area contributed by atoms with Crippen molar-refractivity contribution in [3.8, 4) is 0 Å². The van der Waals surface area contributed by atoms with Crippen molar-refractivity contribution in [3.63, 3.8) is 0 Å². The average molecular weight is 351 g/mol. The molecule has 3 rings (SSSR count). The Kier molecular flexibility index (Phi) is 4.65. The summed E-state index contributed by atoms with van der Waals surface area (Å²) < 4.78 is 0. The van der Waals surface area contributed by atoms with Gasteiger partial charge in [0.1, 0.15) is 0 Å². The molecule has 0 radical (unpaired) electrons. The normalized spacial score (nSPS) is 28.6. The zero-order chi connectivity index (χ0) is 14.8. The third-order valence-electron chi connectivity index (χ3n) is 5.12. The summed E-state index contributed by atoms with van der Waals surface area (Å²) in [6.07, 6.45) is 5.13. The second-order valence-electron chi connectivity index (χ2n) is 6.43. The van der Waals surface area contributed by atoms with Crippen molar-refractivity contribution in [1.29, 1.82) is 0 Å². The largest absolute Gasteiger partial charge is 0.352 e. The quantitative estimate of drug-likeness (QED) is 0.845. The second kappa shape index (κ2) is 6.49. The van der Waals surface area contributed by atoms with E-state index in [1.165, 1.54) is 31.2 Å². The Morgan fingerprint density at radius 3 is 2.43 bits per heavy atom. The van der Waals surface area contributed by atoms with E-state index in [0.717, 1.165) is 29.5 Å². The van der Waals surface area contributed by atoms with Gasteiger partial charge in [-0.05, 0) is 56.3 Å². The molecule has 21 heavy (non-hydrogen) atoms. The number of nitrogens with zero attached hydrogens (tertiary/aromatic N) is 1. The van der Waals surface area contributed by atoms with Crippen LogP contribution in [-0.4, -0.2) is 36.5 Å². The van der Waals surface area contributed by atoms with Crippen LogP contribution in [0.5, 0.6) is 0 Å². The third-order valence-corrected chi connectivity index (χ3v) is 5.77. The van der Waals surface area contributed by atoms with Crippen molar-refractivity contribution in [1.82, 2.24) is 10.2 Å². The summed E-state index contributed by atoms with van der Waals surface area (Å²) in [5.41, 5.74) is 1.95. The lowest BCUT2D eigenvalue weighted by Crippen LogP contribution is -2.43. The fourth-order valence-corrected chi connectivity index (χ4v) is 4.15. The van der Waals surface area contributed by atoms with E-state index in [-0.39, 0.29) is 5.91 Å². The van der Waals surface area contributed by atoms with Crippen LogP contribution in [0.1, 0.15) is 41.6 Å². The smallest absolute Gasteiger partial charge is 0.251 e. The SMILES string of the molecule is CN1C2CCC1CC(CNC(=O)c1ccc(CBr)cc1)C2. The lowest BCUT2D eigenvalue weighted by molar-refractivity contribution is 0.0917. The Labute approximate surface area is 135 Å². The van der Waals surface area contributed by atoms with Crippen molar-refractivity contribution in [2.45, 2.75) is 43.1 Å². The van der Waals surface area contributed by atoms with Crippen molar-refractivity contribution in [3.05, 3.63) is 35.4 Å². The molecule has 2 aliphatic heterocycles. The van der Waals surface area contributed by atoms with E-state index < -0.39 is 0 Å². The summed E-state index contributed by atoms with van der Waals surface area (Å²) in [7, 11) is 2.25. The van der Waals surface area contributed by atoms with E-state index in [0.29, 0.717) is 5.92 Å². The van der Waals surface area contributed by atoms with Crippen molar-refractivity contribution < 1.29 is 4.79 Å². The molecule has 2 bridgehead atoms. The number of fused-ring (bicyclic) bond motifs is 2. The van der Waals surface area contributed by atoms with Gasteiger partial charge in [0, 0.05) is 29.5 Å². The number of rotatable bonds is 4. The molecule has 114 valence electrons. The monoisotopic (exact) mass is 350 g/mol. The number of alkyl halides is 1. The van der Waals surface area contributed by atoms with Gasteiger partial charge in [0.15, 0.2) is 0 Å². The van der Waals surface area contributed by atoms with Crippen LogP contribution in [0.4, 0.5) is 0 Å². The number of carbonyl (C=O) groups excluding carboxylic acids is 1. The zero-order valence-electron chi connectivity index (χ0n) is 12.5. The Hall–Kier alpha value is -0.870. The molecule has 2 aliphatic rings. The molecule has 1 amide bonds. The molecule has 2 saturated heterocycles. The van der Waals surface area contributed by atoms with Gasteiger partial charge in [-0.1, -0.05) is 28.1 Å². The Balaban J connectivity index is 1.52. The van der Waals surface area contributed by atoms with Crippen LogP contribution in [0, 0.1) is 5.92 Å². The minimum absolute atomic E-state index is 0.0578. The van der Waals surface area contributed by atoms with Crippen LogP contribution in [0.25, 0.3) is 0 Å². The zero-order valence-corrected chi connectivity index (χ0v) is 14.1. The standard InChI is InChI=1S/C17H23BrN2O/c1-20-15-6-7-16(20)9-13(8-15)11-19-17(21)14-4-2-12(10-18)3-5-14/h2-5,13,15-16H,6-11H2,1H3,(H,19,21). The molecule has 3 nitrogen and oxygen atoms in total. The highest BCUT2D eigenvalue weighted by molar-refractivity contribution is 9.08. The molecule has 2 heterocycles. The first-order valence-corrected chi connectivity index (χ1v) is 8.94. The van der Waals surface area contributed by atoms with Crippen LogP contribution in [0.15, 0.2) is 24.3 Å². The lowest BCUT2D eigenvalue weighted by atomic mass is 9.91. The minimum atomic E-state index is 0.0578. The molecule has 2 atom stereocenters. The number of hydrogen-bond acceptors (Lipinski definition) is 2. The van der Waals surface area contributed by atoms with E-state index in [9.17, 15) is 4.79 Å². The van der Waals surface area contributed by atoms with Crippen molar-refractivity contribution in [2.75, 3.05) is 13.6 Å². The number of hydrogen-bond donors (Lipinski definition) is 1. The lowest BCUT2D eigenvalue weighted by Gasteiger charge is -2.36. The molecule has 0 aliphatic carbocycles. The van der Waals surface area contributed by atoms with Gasteiger partial charge in [-0.3, -0.25) is 4.79 Å². The van der Waals surface area contributed by atoms with Gasteiger partial charge in [0.05, 0.1) is 0 Å². The van der Waals surface area contributed by atoms with E-state index >= 15 is 0 Å². The number of nitrogens with one attached hydrogen (secondary N) is 1. The van der Waals surface area contributed by atoms with Crippen molar-refractivity contribution in [2.24, 2.45) is 5.92 Å². The highest BCUT2D eigenvalue weighted by atomic mass is 79.9. The molecule has 1 aromatic rings. The first kappa shape index (κ1) is 15.0. The first-order valence-electron chi connectivity index (χ1n) is 7.82. The maximum absolute atomic E-state index is 12.2. The molecule has 0 aromatic heterocycles. The highest BCUT2D eigenvalue weighted by Gasteiger charge is 2.38. The van der Waals surface area contributed by atoms with Crippen LogP contribution in [-0.2, 0) is 5.33 Å². The molecule has 2 unspecified atom stereocenters. The Morgan fingerprint density at radius 2 is 1.86 bits per heavy atom. The summed E-state index contributed by atoms with van der Waals surface area (Å²) in [5.74, 6) is 0.701. The number of benzene rings is 1. The predicted octanol–water partition coefficient (Wildman–Crippen LogP) is 3.18. The van der Waals surface area contributed by atoms with Gasteiger partial charge >= 0.3 is 0 Å². The van der Waals surface area contributed by atoms with Crippen LogP contribution >= 0.6 is 15.9 Å². The molecule has 0 spiro atoms. The van der Waals surface area contributed by atoms with Gasteiger partial charge < -0.3 is 10.2 Å². The maximum Gasteiger partial charge on any atom is 0.251 e. The highest BCUT2D eigenvalue weighted by Crippen LogP contribution is 2.37. The van der Waals surface area contributed by atoms with E-state index in [4.69, 9.17) is 0 Å². The summed E-state index contributed by atoms with van der Waals surface area (Å²) in [6, 6.07) is 9.29. The second-order valence-corrected chi connectivity index (χ2v) is 6.99. The van der Waals surface area contributed by atoms with Gasteiger partial charge in [0.25, 0.3) is 5.91 Å². The third kappa shape index (κ3) is 3.32. The number of halogens is 1. The van der Waals surface area contributed by atoms with Crippen LogP contribution in [0.2, 0.25) is 0 Å². The number of amides is 1. The molecule has 1 aromatic carbocycles. The molecular formula is C17H23BrN2O.